The van der Waals surface area contributed by atoms with Crippen LogP contribution in [0, 0.1) is 6.92 Å². The van der Waals surface area contributed by atoms with Gasteiger partial charge in [-0.1, -0.05) is 18.2 Å². The summed E-state index contributed by atoms with van der Waals surface area (Å²) in [4.78, 5) is 7.93. The van der Waals surface area contributed by atoms with Crippen molar-refractivity contribution in [2.24, 2.45) is 4.99 Å². The molecule has 0 aliphatic carbocycles. The van der Waals surface area contributed by atoms with Gasteiger partial charge < -0.3 is 15.6 Å². The van der Waals surface area contributed by atoms with Crippen LogP contribution in [0.15, 0.2) is 29.4 Å². The van der Waals surface area contributed by atoms with Crippen molar-refractivity contribution in [1.82, 2.24) is 15.6 Å². The van der Waals surface area contributed by atoms with Crippen LogP contribution in [0.4, 0.5) is 0 Å². The summed E-state index contributed by atoms with van der Waals surface area (Å²) in [6.45, 7) is 12.3. The average Bonchev–Trinajstić information content (AvgIpc) is 2.98. The molecule has 0 radical (unpaired) electrons. The summed E-state index contributed by atoms with van der Waals surface area (Å²) in [5, 5.41) is 7.92. The van der Waals surface area contributed by atoms with Crippen molar-refractivity contribution in [2.45, 2.75) is 45.8 Å². The number of fused-ring (bicyclic) bond motifs is 1. The highest BCUT2D eigenvalue weighted by Gasteiger charge is 2.18. The molecule has 1 heterocycles. The predicted octanol–water partition coefficient (Wildman–Crippen LogP) is 3.12. The average molecular weight is 377 g/mol. The van der Waals surface area contributed by atoms with Crippen molar-refractivity contribution in [3.63, 3.8) is 0 Å². The standard InChI is InChI=1S/C20H32N4OS/c1-6-21-19(23-12-13-26(25)20(3,4)5)22-11-10-16-14-24-18-15(2)8-7-9-17(16)18/h7-9,14,24H,6,10-13H2,1-5H3,(H2,21,22,23). The van der Waals surface area contributed by atoms with Crippen LogP contribution in [0.3, 0.4) is 0 Å². The van der Waals surface area contributed by atoms with Gasteiger partial charge in [-0.3, -0.25) is 9.20 Å². The molecule has 1 aromatic heterocycles. The first kappa shape index (κ1) is 20.5. The largest absolute Gasteiger partial charge is 0.361 e. The number of hydrogen-bond acceptors (Lipinski definition) is 2. The summed E-state index contributed by atoms with van der Waals surface area (Å²) in [5.74, 6) is 1.37. The van der Waals surface area contributed by atoms with Crippen molar-refractivity contribution in [3.05, 3.63) is 35.5 Å². The van der Waals surface area contributed by atoms with E-state index in [1.807, 2.05) is 27.7 Å². The second-order valence-corrected chi connectivity index (χ2v) is 9.73. The summed E-state index contributed by atoms with van der Waals surface area (Å²) in [7, 11) is -0.873. The molecule has 0 bridgehead atoms. The molecule has 5 nitrogen and oxygen atoms in total. The lowest BCUT2D eigenvalue weighted by Gasteiger charge is -2.17. The molecule has 1 unspecified atom stereocenters. The predicted molar refractivity (Wildman–Crippen MR) is 113 cm³/mol. The van der Waals surface area contributed by atoms with Crippen molar-refractivity contribution >= 4 is 27.7 Å². The minimum atomic E-state index is -0.873. The van der Waals surface area contributed by atoms with Crippen molar-refractivity contribution in [2.75, 3.05) is 25.4 Å². The zero-order valence-electron chi connectivity index (χ0n) is 16.6. The fraction of sp³-hybridized carbons (Fsp3) is 0.550. The van der Waals surface area contributed by atoms with Gasteiger partial charge in [0.2, 0.25) is 0 Å². The van der Waals surface area contributed by atoms with Gasteiger partial charge in [0.1, 0.15) is 0 Å². The maximum absolute atomic E-state index is 12.1. The van der Waals surface area contributed by atoms with Crippen LogP contribution in [0.25, 0.3) is 10.9 Å². The third-order valence-corrected chi connectivity index (χ3v) is 6.19. The first-order valence-electron chi connectivity index (χ1n) is 9.29. The van der Waals surface area contributed by atoms with Gasteiger partial charge >= 0.3 is 0 Å². The lowest BCUT2D eigenvalue weighted by atomic mass is 10.1. The molecular formula is C20H32N4OS. The Balaban J connectivity index is 1.90. The van der Waals surface area contributed by atoms with Gasteiger partial charge in [0, 0.05) is 51.5 Å². The fourth-order valence-corrected chi connectivity index (χ4v) is 3.64. The van der Waals surface area contributed by atoms with Crippen LogP contribution in [-0.4, -0.2) is 45.3 Å². The second-order valence-electron chi connectivity index (χ2n) is 7.41. The van der Waals surface area contributed by atoms with Gasteiger partial charge in [-0.25, -0.2) is 0 Å². The number of aromatic nitrogens is 1. The number of benzene rings is 1. The van der Waals surface area contributed by atoms with Crippen molar-refractivity contribution < 1.29 is 4.21 Å². The van der Waals surface area contributed by atoms with E-state index in [1.54, 1.807) is 0 Å². The molecule has 0 aliphatic heterocycles. The topological polar surface area (TPSA) is 69.3 Å². The minimum Gasteiger partial charge on any atom is -0.361 e. The zero-order chi connectivity index (χ0) is 19.2. The molecule has 0 aliphatic rings. The molecule has 144 valence electrons. The van der Waals surface area contributed by atoms with Gasteiger partial charge in [0.15, 0.2) is 5.96 Å². The number of aliphatic imine (C=N–C) groups is 1. The number of nitrogens with one attached hydrogen (secondary N) is 3. The van der Waals surface area contributed by atoms with E-state index in [1.165, 1.54) is 22.0 Å². The molecule has 2 aromatic rings. The Morgan fingerprint density at radius 3 is 2.73 bits per heavy atom. The van der Waals surface area contributed by atoms with Crippen LogP contribution >= 0.6 is 0 Å². The summed E-state index contributed by atoms with van der Waals surface area (Å²) >= 11 is 0. The molecule has 1 atom stereocenters. The third-order valence-electron chi connectivity index (χ3n) is 4.27. The van der Waals surface area contributed by atoms with Crippen LogP contribution in [0.1, 0.15) is 38.8 Å². The Morgan fingerprint density at radius 2 is 2.04 bits per heavy atom. The molecule has 0 saturated heterocycles. The van der Waals surface area contributed by atoms with Gasteiger partial charge in [-0.15, -0.1) is 0 Å². The molecule has 26 heavy (non-hydrogen) atoms. The lowest BCUT2D eigenvalue weighted by Crippen LogP contribution is -2.38. The molecule has 2 rings (SSSR count). The number of para-hydroxylation sites is 1. The third kappa shape index (κ3) is 5.59. The molecule has 0 fully saturated rings. The van der Waals surface area contributed by atoms with Gasteiger partial charge in [0.05, 0.1) is 6.54 Å². The van der Waals surface area contributed by atoms with E-state index in [9.17, 15) is 4.21 Å². The molecule has 0 saturated carbocycles. The molecule has 0 spiro atoms. The van der Waals surface area contributed by atoms with E-state index in [2.05, 4.69) is 51.9 Å². The quantitative estimate of drug-likeness (QED) is 0.514. The Morgan fingerprint density at radius 1 is 1.27 bits per heavy atom. The maximum Gasteiger partial charge on any atom is 0.191 e. The Bertz CT molecular complexity index is 774. The summed E-state index contributed by atoms with van der Waals surface area (Å²) in [5.41, 5.74) is 3.79. The zero-order valence-corrected chi connectivity index (χ0v) is 17.4. The highest BCUT2D eigenvalue weighted by atomic mass is 32.2. The van der Waals surface area contributed by atoms with Gasteiger partial charge in [0.25, 0.3) is 0 Å². The maximum atomic E-state index is 12.1. The van der Waals surface area contributed by atoms with E-state index in [4.69, 9.17) is 0 Å². The molecule has 6 heteroatoms. The van der Waals surface area contributed by atoms with E-state index in [0.29, 0.717) is 12.3 Å². The Kier molecular flexibility index (Phi) is 7.26. The number of aryl methyl sites for hydroxylation is 1. The van der Waals surface area contributed by atoms with E-state index in [-0.39, 0.29) is 4.75 Å². The van der Waals surface area contributed by atoms with E-state index in [0.717, 1.165) is 25.5 Å². The van der Waals surface area contributed by atoms with Crippen molar-refractivity contribution in [1.29, 1.82) is 0 Å². The number of rotatable bonds is 7. The summed E-state index contributed by atoms with van der Waals surface area (Å²) in [6.07, 6.45) is 3.01. The van der Waals surface area contributed by atoms with E-state index >= 15 is 0 Å². The number of hydrogen-bond donors (Lipinski definition) is 3. The number of H-pyrrole nitrogens is 1. The summed E-state index contributed by atoms with van der Waals surface area (Å²) in [6, 6.07) is 6.39. The minimum absolute atomic E-state index is 0.186. The monoisotopic (exact) mass is 376 g/mol. The Hall–Kier alpha value is -1.82. The number of nitrogens with zero attached hydrogens (tertiary/aromatic N) is 1. The second kappa shape index (κ2) is 9.21. The normalized spacial score (nSPS) is 13.8. The number of aromatic amines is 1. The smallest absolute Gasteiger partial charge is 0.191 e. The molecule has 3 N–H and O–H groups in total. The summed E-state index contributed by atoms with van der Waals surface area (Å²) < 4.78 is 11.9. The highest BCUT2D eigenvalue weighted by Crippen LogP contribution is 2.21. The molecular weight excluding hydrogens is 344 g/mol. The van der Waals surface area contributed by atoms with Crippen LogP contribution in [-0.2, 0) is 17.2 Å². The SMILES string of the molecule is CCNC(=NCCS(=O)C(C)(C)C)NCCc1c[nH]c2c(C)cccc12. The first-order valence-corrected chi connectivity index (χ1v) is 10.6. The highest BCUT2D eigenvalue weighted by molar-refractivity contribution is 7.86. The van der Waals surface area contributed by atoms with Crippen molar-refractivity contribution in [3.8, 4) is 0 Å². The van der Waals surface area contributed by atoms with Crippen LogP contribution in [0.2, 0.25) is 0 Å². The van der Waals surface area contributed by atoms with Gasteiger partial charge in [-0.2, -0.15) is 0 Å². The molecule has 1 aromatic carbocycles. The van der Waals surface area contributed by atoms with Crippen LogP contribution < -0.4 is 10.6 Å². The molecule has 0 amide bonds. The van der Waals surface area contributed by atoms with E-state index < -0.39 is 10.8 Å². The van der Waals surface area contributed by atoms with Gasteiger partial charge in [-0.05, 0) is 52.2 Å². The van der Waals surface area contributed by atoms with Crippen LogP contribution in [0.5, 0.6) is 0 Å². The lowest BCUT2D eigenvalue weighted by molar-refractivity contribution is 0.648. The fourth-order valence-electron chi connectivity index (χ4n) is 2.77. The first-order chi connectivity index (χ1) is 12.3. The Labute approximate surface area is 159 Å². The number of guanidine groups is 1.